The first-order chi connectivity index (χ1) is 14.2. The van der Waals surface area contributed by atoms with Gasteiger partial charge in [-0.25, -0.2) is 9.59 Å². The van der Waals surface area contributed by atoms with E-state index in [1.807, 2.05) is 12.2 Å². The van der Waals surface area contributed by atoms with Crippen molar-refractivity contribution in [3.8, 4) is 11.5 Å². The quantitative estimate of drug-likeness (QED) is 0.771. The number of aliphatic imine (C=N–C) groups is 2. The fourth-order valence-electron chi connectivity index (χ4n) is 3.23. The lowest BCUT2D eigenvalue weighted by Crippen LogP contribution is -2.47. The molecule has 150 valence electrons. The van der Waals surface area contributed by atoms with Crippen molar-refractivity contribution in [2.45, 2.75) is 6.42 Å². The van der Waals surface area contributed by atoms with Gasteiger partial charge in [-0.05, 0) is 24.6 Å². The molecule has 9 nitrogen and oxygen atoms in total. The summed E-state index contributed by atoms with van der Waals surface area (Å²) in [5, 5.41) is 2.71. The third-order valence-corrected chi connectivity index (χ3v) is 4.58. The maximum absolute atomic E-state index is 12.6. The first-order valence-corrected chi connectivity index (χ1v) is 9.19. The number of rotatable bonds is 5. The summed E-state index contributed by atoms with van der Waals surface area (Å²) in [6.07, 6.45) is 7.86. The second kappa shape index (κ2) is 8.27. The molecule has 0 saturated heterocycles. The Morgan fingerprint density at radius 3 is 3.07 bits per heavy atom. The molecule has 1 atom stereocenters. The van der Waals surface area contributed by atoms with Crippen LogP contribution >= 0.6 is 0 Å². The van der Waals surface area contributed by atoms with Crippen LogP contribution in [0.15, 0.2) is 52.5 Å². The van der Waals surface area contributed by atoms with Crippen LogP contribution in [-0.2, 0) is 4.74 Å². The van der Waals surface area contributed by atoms with Crippen molar-refractivity contribution in [2.24, 2.45) is 15.9 Å². The Labute approximate surface area is 167 Å². The molecule has 4 rings (SSSR count). The zero-order chi connectivity index (χ0) is 20.2. The summed E-state index contributed by atoms with van der Waals surface area (Å²) < 4.78 is 15.7. The van der Waals surface area contributed by atoms with Gasteiger partial charge >= 0.3 is 12.1 Å². The van der Waals surface area contributed by atoms with E-state index in [4.69, 9.17) is 14.2 Å². The normalized spacial score (nSPS) is 20.7. The summed E-state index contributed by atoms with van der Waals surface area (Å²) in [6.45, 7) is 0.988. The van der Waals surface area contributed by atoms with E-state index >= 15 is 0 Å². The predicted molar refractivity (Wildman–Crippen MR) is 107 cm³/mol. The minimum atomic E-state index is -0.590. The van der Waals surface area contributed by atoms with Gasteiger partial charge in [0.1, 0.15) is 5.84 Å². The Balaban J connectivity index is 1.57. The first kappa shape index (κ1) is 18.9. The minimum absolute atomic E-state index is 0.150. The van der Waals surface area contributed by atoms with Crippen LogP contribution in [0.25, 0.3) is 0 Å². The van der Waals surface area contributed by atoms with E-state index in [2.05, 4.69) is 15.3 Å². The standard InChI is InChI=1S/C20H20N4O5/c1-27-10-4-9-24-18(14-5-2-3-6-15(14)22-20(24)26)23-19(25)21-13-7-8-16-17(11-13)29-12-28-16/h2-3,5-8,11,14H,4,9-10,12H2,1H3,(H,21,25)/b23-18-. The van der Waals surface area contributed by atoms with E-state index in [1.165, 1.54) is 4.90 Å². The third kappa shape index (κ3) is 4.04. The number of benzene rings is 1. The molecule has 1 aromatic rings. The number of hydrogen-bond acceptors (Lipinski definition) is 5. The molecule has 3 aliphatic rings. The van der Waals surface area contributed by atoms with Crippen molar-refractivity contribution < 1.29 is 23.8 Å². The van der Waals surface area contributed by atoms with Gasteiger partial charge in [0.15, 0.2) is 11.5 Å². The van der Waals surface area contributed by atoms with Crippen LogP contribution in [0.4, 0.5) is 15.3 Å². The van der Waals surface area contributed by atoms with E-state index in [9.17, 15) is 9.59 Å². The summed E-state index contributed by atoms with van der Waals surface area (Å²) in [7, 11) is 1.59. The lowest BCUT2D eigenvalue weighted by Gasteiger charge is -2.31. The molecule has 0 radical (unpaired) electrons. The van der Waals surface area contributed by atoms with Crippen molar-refractivity contribution in [3.63, 3.8) is 0 Å². The predicted octanol–water partition coefficient (Wildman–Crippen LogP) is 3.00. The largest absolute Gasteiger partial charge is 0.454 e. The molecule has 0 spiro atoms. The smallest absolute Gasteiger partial charge is 0.349 e. The second-order valence-corrected chi connectivity index (χ2v) is 6.51. The number of urea groups is 2. The number of hydrogen-bond donors (Lipinski definition) is 1. The van der Waals surface area contributed by atoms with Crippen molar-refractivity contribution in [2.75, 3.05) is 32.4 Å². The highest BCUT2D eigenvalue weighted by atomic mass is 16.7. The monoisotopic (exact) mass is 396 g/mol. The summed E-state index contributed by atoms with van der Waals surface area (Å²) in [4.78, 5) is 34.9. The lowest BCUT2D eigenvalue weighted by atomic mass is 9.94. The van der Waals surface area contributed by atoms with Crippen LogP contribution in [0.3, 0.4) is 0 Å². The lowest BCUT2D eigenvalue weighted by molar-refractivity contribution is 0.174. The van der Waals surface area contributed by atoms with E-state index in [1.54, 1.807) is 37.5 Å². The van der Waals surface area contributed by atoms with Gasteiger partial charge in [-0.15, -0.1) is 0 Å². The molecule has 0 aromatic heterocycles. The van der Waals surface area contributed by atoms with Crippen molar-refractivity contribution >= 4 is 29.3 Å². The van der Waals surface area contributed by atoms with Crippen LogP contribution in [-0.4, -0.2) is 55.6 Å². The number of fused-ring (bicyclic) bond motifs is 2. The van der Waals surface area contributed by atoms with Crippen LogP contribution < -0.4 is 14.8 Å². The zero-order valence-electron chi connectivity index (χ0n) is 15.8. The van der Waals surface area contributed by atoms with Crippen LogP contribution in [0.5, 0.6) is 11.5 Å². The van der Waals surface area contributed by atoms with Gasteiger partial charge in [0.2, 0.25) is 6.79 Å². The Hall–Kier alpha value is -3.46. The van der Waals surface area contributed by atoms with Gasteiger partial charge in [-0.2, -0.15) is 9.98 Å². The molecule has 29 heavy (non-hydrogen) atoms. The van der Waals surface area contributed by atoms with Crippen LogP contribution in [0, 0.1) is 5.92 Å². The Bertz CT molecular complexity index is 950. The summed E-state index contributed by atoms with van der Waals surface area (Å²) in [6, 6.07) is 4.05. The average molecular weight is 396 g/mol. The van der Waals surface area contributed by atoms with E-state index in [0.717, 1.165) is 0 Å². The zero-order valence-corrected chi connectivity index (χ0v) is 15.8. The van der Waals surface area contributed by atoms with Crippen LogP contribution in [0.2, 0.25) is 0 Å². The molecule has 2 heterocycles. The van der Waals surface area contributed by atoms with Gasteiger partial charge in [-0.3, -0.25) is 4.90 Å². The highest BCUT2D eigenvalue weighted by Crippen LogP contribution is 2.34. The number of nitrogens with zero attached hydrogens (tertiary/aromatic N) is 3. The van der Waals surface area contributed by atoms with Gasteiger partial charge in [0, 0.05) is 32.0 Å². The van der Waals surface area contributed by atoms with Gasteiger partial charge in [0.05, 0.1) is 11.6 Å². The van der Waals surface area contributed by atoms with Crippen LogP contribution in [0.1, 0.15) is 6.42 Å². The molecule has 0 bridgehead atoms. The molecule has 1 unspecified atom stereocenters. The Morgan fingerprint density at radius 2 is 2.21 bits per heavy atom. The number of anilines is 1. The van der Waals surface area contributed by atoms with Gasteiger partial charge in [0.25, 0.3) is 0 Å². The van der Waals surface area contributed by atoms with E-state index in [-0.39, 0.29) is 12.7 Å². The highest BCUT2D eigenvalue weighted by molar-refractivity contribution is 6.24. The summed E-state index contributed by atoms with van der Waals surface area (Å²) in [5.41, 5.74) is 1.08. The summed E-state index contributed by atoms with van der Waals surface area (Å²) in [5.74, 6) is 1.16. The van der Waals surface area contributed by atoms with E-state index < -0.39 is 12.1 Å². The molecule has 0 fully saturated rings. The van der Waals surface area contributed by atoms with Gasteiger partial charge < -0.3 is 19.5 Å². The Morgan fingerprint density at radius 1 is 1.34 bits per heavy atom. The second-order valence-electron chi connectivity index (χ2n) is 6.51. The number of ether oxygens (including phenoxy) is 3. The number of amidine groups is 1. The molecule has 4 amide bonds. The molecule has 2 aliphatic heterocycles. The number of nitrogens with one attached hydrogen (secondary N) is 1. The van der Waals surface area contributed by atoms with Crippen molar-refractivity contribution in [3.05, 3.63) is 42.5 Å². The molecule has 0 saturated carbocycles. The molecule has 9 heteroatoms. The first-order valence-electron chi connectivity index (χ1n) is 9.19. The molecular formula is C20H20N4O5. The third-order valence-electron chi connectivity index (χ3n) is 4.58. The maximum atomic E-state index is 12.6. The summed E-state index contributed by atoms with van der Waals surface area (Å²) >= 11 is 0. The number of amides is 4. The fraction of sp³-hybridized carbons (Fsp3) is 0.300. The SMILES string of the molecule is COCCCN1C(=O)N=C2C=CC=CC2/C1=N/C(=O)Nc1ccc2c(c1)OCO2. The fourth-order valence-corrected chi connectivity index (χ4v) is 3.23. The molecule has 1 N–H and O–H groups in total. The van der Waals surface area contributed by atoms with Crippen molar-refractivity contribution in [1.82, 2.24) is 4.90 Å². The van der Waals surface area contributed by atoms with Crippen molar-refractivity contribution in [1.29, 1.82) is 0 Å². The molecular weight excluding hydrogens is 376 g/mol. The molecule has 1 aliphatic carbocycles. The van der Waals surface area contributed by atoms with E-state index in [0.29, 0.717) is 48.3 Å². The number of allylic oxidation sites excluding steroid dienone is 3. The number of carbonyl (C=O) groups is 2. The average Bonchev–Trinajstić information content (AvgIpc) is 3.18. The minimum Gasteiger partial charge on any atom is -0.454 e. The Kier molecular flexibility index (Phi) is 5.39. The topological polar surface area (TPSA) is 102 Å². The number of carbonyl (C=O) groups excluding carboxylic acids is 2. The highest BCUT2D eigenvalue weighted by Gasteiger charge is 2.34. The maximum Gasteiger partial charge on any atom is 0.349 e. The molecule has 1 aromatic carbocycles. The van der Waals surface area contributed by atoms with Gasteiger partial charge in [-0.1, -0.05) is 18.2 Å². The number of methoxy groups -OCH3 is 1.